The maximum atomic E-state index is 6.47. The van der Waals surface area contributed by atoms with Crippen molar-refractivity contribution in [1.29, 1.82) is 0 Å². The SMILES string of the molecule is c1ccc(-c2cccc(-n3c4ccccc4c4cc5c(cc43)oc3cc4oc6ccccc6c4cc35)c2)cc1.c1ccc(-c2nc(-c3ccccc3)nc(-n3c4ccccc4c4cc5c(cc43)sc3cc4c(cc35)c3ccccc3n4-c3ccccc3)n2)cc1.c1ccc(-n2c3ccccc3c3cc4c(cc32)sc2cc3c(cc24)c2ccccc2n3-c2ccccc2)cc1. The van der Waals surface area contributed by atoms with Crippen LogP contribution in [-0.4, -0.2) is 37.8 Å². The van der Waals surface area contributed by atoms with Gasteiger partial charge in [0.05, 0.1) is 55.2 Å². The van der Waals surface area contributed by atoms with E-state index in [0.717, 1.165) is 82.9 Å². The average molecular weight is 1680 g/mol. The third-order valence-electron chi connectivity index (χ3n) is 26.0. The lowest BCUT2D eigenvalue weighted by atomic mass is 10.1. The molecule has 0 amide bonds. The van der Waals surface area contributed by atoms with Crippen molar-refractivity contribution < 1.29 is 8.83 Å². The third-order valence-corrected chi connectivity index (χ3v) is 28.3. The zero-order valence-electron chi connectivity index (χ0n) is 69.1. The van der Waals surface area contributed by atoms with Crippen LogP contribution in [0.3, 0.4) is 0 Å². The van der Waals surface area contributed by atoms with Crippen molar-refractivity contribution in [2.45, 2.75) is 0 Å². The molecule has 19 aromatic carbocycles. The Morgan fingerprint density at radius 1 is 0.163 bits per heavy atom. The van der Waals surface area contributed by atoms with Gasteiger partial charge in [0.15, 0.2) is 11.6 Å². The molecule has 0 aliphatic carbocycles. The second-order valence-electron chi connectivity index (χ2n) is 33.3. The monoisotopic (exact) mass is 1680 g/mol. The molecule has 0 radical (unpaired) electrons. The van der Waals surface area contributed by atoms with Crippen molar-refractivity contribution in [2.24, 2.45) is 0 Å². The van der Waals surface area contributed by atoms with Crippen molar-refractivity contribution in [3.8, 4) is 62.6 Å². The highest BCUT2D eigenvalue weighted by atomic mass is 32.1. The Balaban J connectivity index is 0.000000101. The maximum Gasteiger partial charge on any atom is 0.238 e. The van der Waals surface area contributed by atoms with E-state index in [9.17, 15) is 0 Å². The normalized spacial score (nSPS) is 12.0. The summed E-state index contributed by atoms with van der Waals surface area (Å²) in [6.45, 7) is 0. The first kappa shape index (κ1) is 72.7. The molecule has 12 heteroatoms. The van der Waals surface area contributed by atoms with Crippen LogP contribution in [0, 0.1) is 0 Å². The van der Waals surface area contributed by atoms with Crippen LogP contribution >= 0.6 is 22.7 Å². The zero-order chi connectivity index (χ0) is 84.5. The molecule has 10 aromatic heterocycles. The summed E-state index contributed by atoms with van der Waals surface area (Å²) in [7, 11) is 0. The average Bonchev–Trinajstić information content (AvgIpc) is 1.57. The van der Waals surface area contributed by atoms with Crippen molar-refractivity contribution in [2.75, 3.05) is 0 Å². The van der Waals surface area contributed by atoms with Gasteiger partial charge in [-0.05, 0) is 157 Å². The number of hydrogen-bond acceptors (Lipinski definition) is 7. The smallest absolute Gasteiger partial charge is 0.238 e. The number of nitrogens with zero attached hydrogens (tertiary/aromatic N) is 8. The summed E-state index contributed by atoms with van der Waals surface area (Å²) in [6, 6.07) is 151. The quantitative estimate of drug-likeness (QED) is 0.151. The summed E-state index contributed by atoms with van der Waals surface area (Å²) in [5.74, 6) is 1.89. The van der Waals surface area contributed by atoms with Crippen LogP contribution in [0.2, 0.25) is 0 Å². The number of benzene rings is 19. The summed E-state index contributed by atoms with van der Waals surface area (Å²) in [6.07, 6.45) is 0. The highest BCUT2D eigenvalue weighted by Crippen LogP contribution is 2.49. The van der Waals surface area contributed by atoms with Gasteiger partial charge < -0.3 is 27.1 Å². The van der Waals surface area contributed by atoms with Crippen LogP contribution in [0.4, 0.5) is 0 Å². The van der Waals surface area contributed by atoms with E-state index in [0.29, 0.717) is 17.6 Å². The number of aromatic nitrogens is 8. The van der Waals surface area contributed by atoms with Crippen LogP contribution < -0.4 is 0 Å². The molecule has 0 spiro atoms. The molecule has 129 heavy (non-hydrogen) atoms. The molecular formula is C117H70N8O2S2. The van der Waals surface area contributed by atoms with E-state index in [1.807, 2.05) is 77.3 Å². The minimum absolute atomic E-state index is 0.600. The molecule has 0 saturated heterocycles. The molecule has 0 bridgehead atoms. The van der Waals surface area contributed by atoms with Crippen LogP contribution in [0.1, 0.15) is 0 Å². The lowest BCUT2D eigenvalue weighted by Crippen LogP contribution is -2.06. The Morgan fingerprint density at radius 2 is 0.442 bits per heavy atom. The Hall–Kier alpha value is -16.8. The highest BCUT2D eigenvalue weighted by Gasteiger charge is 2.26. The summed E-state index contributed by atoms with van der Waals surface area (Å²) >= 11 is 3.73. The Bertz CT molecular complexity index is 9410. The molecule has 0 saturated carbocycles. The van der Waals surface area contributed by atoms with Crippen molar-refractivity contribution in [1.82, 2.24) is 37.8 Å². The number of para-hydroxylation sites is 9. The van der Waals surface area contributed by atoms with Gasteiger partial charge in [0.1, 0.15) is 22.3 Å². The predicted octanol–water partition coefficient (Wildman–Crippen LogP) is 32.3. The molecule has 0 atom stereocenters. The largest absolute Gasteiger partial charge is 0.456 e. The molecule has 29 rings (SSSR count). The van der Waals surface area contributed by atoms with Crippen LogP contribution in [-0.2, 0) is 0 Å². The Kier molecular flexibility index (Phi) is 16.3. The van der Waals surface area contributed by atoms with Gasteiger partial charge in [-0.3, -0.25) is 4.57 Å². The van der Waals surface area contributed by atoms with Gasteiger partial charge in [-0.2, -0.15) is 9.97 Å². The van der Waals surface area contributed by atoms with Gasteiger partial charge in [0.2, 0.25) is 5.95 Å². The van der Waals surface area contributed by atoms with Gasteiger partial charge >= 0.3 is 0 Å². The van der Waals surface area contributed by atoms with E-state index in [1.54, 1.807) is 0 Å². The van der Waals surface area contributed by atoms with Crippen LogP contribution in [0.5, 0.6) is 0 Å². The first-order chi connectivity index (χ1) is 63.9. The zero-order valence-corrected chi connectivity index (χ0v) is 70.8. The second-order valence-corrected chi connectivity index (χ2v) is 35.4. The molecule has 10 heterocycles. The fourth-order valence-corrected chi connectivity index (χ4v) is 22.5. The second kappa shape index (κ2) is 28.9. The standard InChI is InChI=1S/C45H27N5S.C36H22N2S.C36H21NO2/c1-4-14-28(15-5-1)43-46-44(29-16-6-2-7-17-29)48-45(47-43)50-38-23-13-11-21-32(38)34-25-36-35-24-33-31-20-10-12-22-37(31)49(30-18-8-3-9-19-30)39(33)26-41(35)51-42(36)27-40(34)50;1-3-11-23(12-4-1)37-31-17-9-7-15-25(31)27-19-29-30-20-28-26-16-8-10-18-32(26)38(24-13-5-2-6-14-24)34(28)22-36(30)39-35(29)21-33(27)37;1-2-9-22(10-3-1)23-11-8-12-24(17-23)37-31-15-6-4-13-25(31)27-18-29-30-19-28-26-14-5-7-16-33(26)38-35(28)21-36(30)39-34(29)20-32(27)37/h1-27H;1-22H;1-21H. The number of rotatable bonds is 8. The lowest BCUT2D eigenvalue weighted by Gasteiger charge is -2.10. The van der Waals surface area contributed by atoms with Gasteiger partial charge in [-0.15, -0.1) is 22.7 Å². The number of fused-ring (bicyclic) bond motifs is 27. The predicted molar refractivity (Wildman–Crippen MR) is 541 cm³/mol. The fraction of sp³-hybridized carbons (Fsp3) is 0. The fourth-order valence-electron chi connectivity index (χ4n) is 20.3. The first-order valence-corrected chi connectivity index (χ1v) is 45.1. The summed E-state index contributed by atoms with van der Waals surface area (Å²) in [5.41, 5.74) is 24.3. The summed E-state index contributed by atoms with van der Waals surface area (Å²) in [5, 5.41) is 22.1. The number of thiophene rings is 2. The van der Waals surface area contributed by atoms with Crippen molar-refractivity contribution >= 4 is 216 Å². The minimum atomic E-state index is 0.600. The van der Waals surface area contributed by atoms with E-state index >= 15 is 0 Å². The highest BCUT2D eigenvalue weighted by molar-refractivity contribution is 7.26. The minimum Gasteiger partial charge on any atom is -0.456 e. The van der Waals surface area contributed by atoms with E-state index < -0.39 is 0 Å². The van der Waals surface area contributed by atoms with Crippen LogP contribution in [0.15, 0.2) is 433 Å². The van der Waals surface area contributed by atoms with E-state index in [4.69, 9.17) is 23.8 Å². The molecule has 0 aliphatic rings. The van der Waals surface area contributed by atoms with Gasteiger partial charge in [0.25, 0.3) is 0 Å². The Morgan fingerprint density at radius 3 is 0.853 bits per heavy atom. The van der Waals surface area contributed by atoms with Gasteiger partial charge in [-0.1, -0.05) is 267 Å². The molecule has 29 aromatic rings. The van der Waals surface area contributed by atoms with Crippen molar-refractivity contribution in [3.05, 3.63) is 425 Å². The number of furan rings is 2. The molecule has 602 valence electrons. The topological polar surface area (TPSA) is 89.6 Å². The Labute approximate surface area is 744 Å². The van der Waals surface area contributed by atoms with E-state index in [2.05, 4.69) is 393 Å². The molecule has 10 nitrogen and oxygen atoms in total. The lowest BCUT2D eigenvalue weighted by molar-refractivity contribution is 0.656. The third kappa shape index (κ3) is 11.5. The number of hydrogen-bond donors (Lipinski definition) is 0. The molecule has 0 unspecified atom stereocenters. The van der Waals surface area contributed by atoms with Gasteiger partial charge in [0, 0.05) is 162 Å². The van der Waals surface area contributed by atoms with Crippen molar-refractivity contribution in [3.63, 3.8) is 0 Å². The molecular weight excluding hydrogens is 1610 g/mol. The molecule has 0 N–H and O–H groups in total. The molecule has 0 fully saturated rings. The first-order valence-electron chi connectivity index (χ1n) is 43.5. The molecule has 0 aliphatic heterocycles. The summed E-state index contributed by atoms with van der Waals surface area (Å²) in [4.78, 5) is 15.2. The van der Waals surface area contributed by atoms with E-state index in [-0.39, 0.29) is 0 Å². The maximum absolute atomic E-state index is 6.47. The van der Waals surface area contributed by atoms with Crippen LogP contribution in [0.25, 0.3) is 256 Å². The summed E-state index contributed by atoms with van der Waals surface area (Å²) < 4.78 is 29.5. The van der Waals surface area contributed by atoms with Gasteiger partial charge in [-0.25, -0.2) is 4.98 Å². The van der Waals surface area contributed by atoms with E-state index in [1.165, 1.54) is 155 Å².